The van der Waals surface area contributed by atoms with Gasteiger partial charge in [-0.2, -0.15) is 0 Å². The zero-order valence-corrected chi connectivity index (χ0v) is 13.0. The Hall–Kier alpha value is -1.13. The summed E-state index contributed by atoms with van der Waals surface area (Å²) in [6.07, 6.45) is 0. The van der Waals surface area contributed by atoms with Crippen LogP contribution >= 0.6 is 11.6 Å². The minimum Gasteiger partial charge on any atom is -0.380 e. The summed E-state index contributed by atoms with van der Waals surface area (Å²) in [5, 5.41) is -0.241. The molecule has 0 radical (unpaired) electrons. The molecule has 1 aromatic heterocycles. The Balaban J connectivity index is 2.58. The lowest BCUT2D eigenvalue weighted by Gasteiger charge is -2.18. The summed E-state index contributed by atoms with van der Waals surface area (Å²) in [4.78, 5) is 4.48. The van der Waals surface area contributed by atoms with E-state index in [1.165, 1.54) is 6.07 Å². The highest BCUT2D eigenvalue weighted by Gasteiger charge is 2.20. The van der Waals surface area contributed by atoms with Gasteiger partial charge in [0.15, 0.2) is 0 Å². The highest BCUT2D eigenvalue weighted by atomic mass is 35.5. The van der Waals surface area contributed by atoms with Crippen molar-refractivity contribution in [3.8, 4) is 0 Å². The van der Waals surface area contributed by atoms with Crippen LogP contribution in [0.4, 0.5) is 4.39 Å². The number of hydrogen-bond donors (Lipinski definition) is 0. The molecule has 0 amide bonds. The summed E-state index contributed by atoms with van der Waals surface area (Å²) in [5.74, 6) is 0.507. The number of benzene rings is 1. The number of ether oxygens (including phenoxy) is 1. The van der Waals surface area contributed by atoms with Gasteiger partial charge in [0.1, 0.15) is 11.6 Å². The number of aryl methyl sites for hydroxylation is 1. The molecule has 2 aromatic rings. The minimum atomic E-state index is -0.242. The van der Waals surface area contributed by atoms with Crippen LogP contribution < -0.4 is 0 Å². The van der Waals surface area contributed by atoms with Crippen LogP contribution in [0.3, 0.4) is 0 Å². The fourth-order valence-corrected chi connectivity index (χ4v) is 2.50. The van der Waals surface area contributed by atoms with Gasteiger partial charge in [0, 0.05) is 12.7 Å². The molecule has 0 aliphatic carbocycles. The molecule has 2 rings (SSSR count). The third kappa shape index (κ3) is 2.81. The van der Waals surface area contributed by atoms with Crippen molar-refractivity contribution < 1.29 is 9.13 Å². The normalized spacial score (nSPS) is 14.7. The second kappa shape index (κ2) is 6.10. The van der Waals surface area contributed by atoms with Crippen molar-refractivity contribution >= 4 is 22.6 Å². The summed E-state index contributed by atoms with van der Waals surface area (Å²) in [6, 6.07) is 3.39. The minimum absolute atomic E-state index is 0.0982. The Morgan fingerprint density at radius 2 is 2.10 bits per heavy atom. The van der Waals surface area contributed by atoms with E-state index in [-0.39, 0.29) is 17.2 Å². The second-order valence-corrected chi connectivity index (χ2v) is 5.71. The Morgan fingerprint density at radius 3 is 2.70 bits per heavy atom. The summed E-state index contributed by atoms with van der Waals surface area (Å²) < 4.78 is 21.2. The van der Waals surface area contributed by atoms with Crippen LogP contribution in [0.5, 0.6) is 0 Å². The smallest absolute Gasteiger partial charge is 0.128 e. The average molecular weight is 299 g/mol. The fraction of sp³-hybridized carbons (Fsp3) is 0.533. The first-order valence-electron chi connectivity index (χ1n) is 6.85. The number of hydrogen-bond acceptors (Lipinski definition) is 2. The van der Waals surface area contributed by atoms with E-state index in [9.17, 15) is 4.39 Å². The van der Waals surface area contributed by atoms with Gasteiger partial charge >= 0.3 is 0 Å². The molecule has 0 fully saturated rings. The van der Waals surface area contributed by atoms with Crippen molar-refractivity contribution in [3.63, 3.8) is 0 Å². The van der Waals surface area contributed by atoms with Gasteiger partial charge in [0.2, 0.25) is 0 Å². The summed E-state index contributed by atoms with van der Waals surface area (Å²) >= 11 is 6.22. The largest absolute Gasteiger partial charge is 0.380 e. The first-order valence-corrected chi connectivity index (χ1v) is 7.29. The van der Waals surface area contributed by atoms with E-state index in [0.717, 1.165) is 11.3 Å². The van der Waals surface area contributed by atoms with Crippen molar-refractivity contribution in [1.29, 1.82) is 0 Å². The van der Waals surface area contributed by atoms with Crippen LogP contribution in [-0.4, -0.2) is 22.8 Å². The molecule has 0 saturated carbocycles. The molecule has 1 heterocycles. The third-order valence-corrected chi connectivity index (χ3v) is 3.55. The zero-order chi connectivity index (χ0) is 14.9. The van der Waals surface area contributed by atoms with E-state index in [1.807, 2.05) is 19.9 Å². The van der Waals surface area contributed by atoms with E-state index in [4.69, 9.17) is 16.3 Å². The fourth-order valence-electron chi connectivity index (χ4n) is 2.35. The quantitative estimate of drug-likeness (QED) is 0.766. The summed E-state index contributed by atoms with van der Waals surface area (Å²) in [7, 11) is 0. The molecule has 0 aliphatic rings. The van der Waals surface area contributed by atoms with Gasteiger partial charge < -0.3 is 9.30 Å². The first-order chi connectivity index (χ1) is 9.45. The Bertz CT molecular complexity index is 609. The van der Waals surface area contributed by atoms with E-state index < -0.39 is 0 Å². The molecule has 0 N–H and O–H groups in total. The molecule has 3 nitrogen and oxygen atoms in total. The predicted molar refractivity (Wildman–Crippen MR) is 79.9 cm³/mol. The Kier molecular flexibility index (Phi) is 4.66. The predicted octanol–water partition coefficient (Wildman–Crippen LogP) is 4.38. The molecule has 2 unspecified atom stereocenters. The second-order valence-electron chi connectivity index (χ2n) is 5.05. The van der Waals surface area contributed by atoms with Gasteiger partial charge in [0.05, 0.1) is 29.1 Å². The van der Waals surface area contributed by atoms with Crippen molar-refractivity contribution in [2.24, 2.45) is 0 Å². The van der Waals surface area contributed by atoms with Crippen molar-refractivity contribution in [2.45, 2.75) is 39.1 Å². The number of alkyl halides is 1. The first kappa shape index (κ1) is 15.3. The molecule has 20 heavy (non-hydrogen) atoms. The Morgan fingerprint density at radius 1 is 1.40 bits per heavy atom. The van der Waals surface area contributed by atoms with Crippen molar-refractivity contribution in [1.82, 2.24) is 9.55 Å². The van der Waals surface area contributed by atoms with Gasteiger partial charge in [-0.3, -0.25) is 0 Å². The van der Waals surface area contributed by atoms with Crippen LogP contribution in [0.25, 0.3) is 11.0 Å². The number of rotatable bonds is 5. The molecule has 110 valence electrons. The molecule has 0 bridgehead atoms. The van der Waals surface area contributed by atoms with Gasteiger partial charge in [-0.05, 0) is 39.3 Å². The molecule has 2 atom stereocenters. The maximum Gasteiger partial charge on any atom is 0.128 e. The zero-order valence-electron chi connectivity index (χ0n) is 12.3. The lowest BCUT2D eigenvalue weighted by molar-refractivity contribution is 0.119. The monoisotopic (exact) mass is 298 g/mol. The van der Waals surface area contributed by atoms with Gasteiger partial charge in [0.25, 0.3) is 0 Å². The molecule has 1 aromatic carbocycles. The molecule has 0 aliphatic heterocycles. The van der Waals surface area contributed by atoms with Crippen LogP contribution in [0, 0.1) is 12.7 Å². The van der Waals surface area contributed by atoms with Gasteiger partial charge in [-0.1, -0.05) is 0 Å². The van der Waals surface area contributed by atoms with E-state index >= 15 is 0 Å². The van der Waals surface area contributed by atoms with E-state index in [2.05, 4.69) is 16.5 Å². The molecule has 0 saturated heterocycles. The number of aromatic nitrogens is 2. The van der Waals surface area contributed by atoms with Crippen LogP contribution in [0.15, 0.2) is 12.1 Å². The molecular weight excluding hydrogens is 279 g/mol. The lowest BCUT2D eigenvalue weighted by Crippen LogP contribution is -2.15. The number of nitrogens with zero attached hydrogens (tertiary/aromatic N) is 2. The number of fused-ring (bicyclic) bond motifs is 1. The van der Waals surface area contributed by atoms with Crippen molar-refractivity contribution in [3.05, 3.63) is 29.3 Å². The summed E-state index contributed by atoms with van der Waals surface area (Å²) in [5.41, 5.74) is 2.15. The maximum atomic E-state index is 13.7. The Labute approximate surface area is 123 Å². The molecule has 0 spiro atoms. The highest BCUT2D eigenvalue weighted by Crippen LogP contribution is 2.29. The standard InChI is InChI=1S/C15H20ClFN2O/c1-5-20-8-10(3)19-14-6-9(2)12(17)7-13(14)18-15(19)11(4)16/h6-7,10-11H,5,8H2,1-4H3. The molecule has 5 heteroatoms. The van der Waals surface area contributed by atoms with E-state index in [1.54, 1.807) is 6.92 Å². The van der Waals surface area contributed by atoms with Crippen LogP contribution in [0.2, 0.25) is 0 Å². The average Bonchev–Trinajstić information content (AvgIpc) is 2.75. The summed E-state index contributed by atoms with van der Waals surface area (Å²) in [6.45, 7) is 8.88. The third-order valence-electron chi connectivity index (χ3n) is 3.36. The van der Waals surface area contributed by atoms with Gasteiger partial charge in [-0.15, -0.1) is 11.6 Å². The van der Waals surface area contributed by atoms with Crippen LogP contribution in [0.1, 0.15) is 43.6 Å². The topological polar surface area (TPSA) is 27.1 Å². The highest BCUT2D eigenvalue weighted by molar-refractivity contribution is 6.20. The maximum absolute atomic E-state index is 13.7. The van der Waals surface area contributed by atoms with Gasteiger partial charge in [-0.25, -0.2) is 9.37 Å². The molecular formula is C15H20ClFN2O. The number of imidazole rings is 1. The van der Waals surface area contributed by atoms with Crippen LogP contribution in [-0.2, 0) is 4.74 Å². The number of halogens is 2. The SMILES string of the molecule is CCOCC(C)n1c(C(C)Cl)nc2cc(F)c(C)cc21. The van der Waals surface area contributed by atoms with Crippen molar-refractivity contribution in [2.75, 3.05) is 13.2 Å². The van der Waals surface area contributed by atoms with E-state index in [0.29, 0.717) is 24.3 Å². The lowest BCUT2D eigenvalue weighted by atomic mass is 10.2.